The molecule has 0 radical (unpaired) electrons. The van der Waals surface area contributed by atoms with Crippen LogP contribution in [-0.4, -0.2) is 17.5 Å². The van der Waals surface area contributed by atoms with Crippen molar-refractivity contribution < 1.29 is 18.7 Å². The molecule has 2 aliphatic heterocycles. The summed E-state index contributed by atoms with van der Waals surface area (Å²) in [6.07, 6.45) is 5.20. The van der Waals surface area contributed by atoms with Gasteiger partial charge in [-0.15, -0.1) is 0 Å². The molecule has 0 saturated carbocycles. The Bertz CT molecular complexity index is 1040. The maximum atomic E-state index is 13.1. The van der Waals surface area contributed by atoms with Gasteiger partial charge in [-0.3, -0.25) is 4.79 Å². The molecule has 2 aromatic rings. The van der Waals surface area contributed by atoms with Crippen LogP contribution in [-0.2, 0) is 6.42 Å². The molecule has 3 heterocycles. The number of benzene rings is 1. The van der Waals surface area contributed by atoms with Crippen LogP contribution in [0.2, 0.25) is 0 Å². The van der Waals surface area contributed by atoms with Gasteiger partial charge in [0.05, 0.1) is 16.9 Å². The molecule has 0 N–H and O–H groups in total. The maximum Gasteiger partial charge on any atom is 0.336 e. The van der Waals surface area contributed by atoms with Crippen LogP contribution in [0.25, 0.3) is 17.0 Å². The molecule has 0 amide bonds. The summed E-state index contributed by atoms with van der Waals surface area (Å²) in [5.74, 6) is 0.699. The van der Waals surface area contributed by atoms with Crippen molar-refractivity contribution >= 4 is 22.8 Å². The summed E-state index contributed by atoms with van der Waals surface area (Å²) in [5, 5.41) is 0.710. The lowest BCUT2D eigenvalue weighted by atomic mass is 9.86. The minimum Gasteiger partial charge on any atom is -0.488 e. The fourth-order valence-electron chi connectivity index (χ4n) is 3.82. The van der Waals surface area contributed by atoms with E-state index in [4.69, 9.17) is 13.9 Å². The fourth-order valence-corrected chi connectivity index (χ4v) is 3.82. The van der Waals surface area contributed by atoms with E-state index in [2.05, 4.69) is 0 Å². The van der Waals surface area contributed by atoms with Gasteiger partial charge >= 0.3 is 5.63 Å². The van der Waals surface area contributed by atoms with Crippen molar-refractivity contribution in [1.82, 2.24) is 0 Å². The lowest BCUT2D eigenvalue weighted by molar-refractivity contribution is 0.0728. The Labute approximate surface area is 158 Å². The first-order valence-corrected chi connectivity index (χ1v) is 9.49. The van der Waals surface area contributed by atoms with Gasteiger partial charge in [-0.05, 0) is 44.9 Å². The van der Waals surface area contributed by atoms with Gasteiger partial charge in [0.15, 0.2) is 11.4 Å². The monoisotopic (exact) mass is 368 g/mol. The lowest BCUT2D eigenvalue weighted by Gasteiger charge is -2.34. The number of hydrogen-bond donors (Lipinski definition) is 0. The largest absolute Gasteiger partial charge is 0.488 e. The van der Waals surface area contributed by atoms with Crippen molar-refractivity contribution in [3.63, 3.8) is 0 Å². The Hall–Kier alpha value is -2.56. The fraction of sp³-hybridized carbons (Fsp3) is 0.455. The van der Waals surface area contributed by atoms with Crippen molar-refractivity contribution in [2.45, 2.75) is 59.2 Å². The number of aryl methyl sites for hydroxylation is 1. The highest BCUT2D eigenvalue weighted by Crippen LogP contribution is 2.49. The molecule has 0 saturated heterocycles. The van der Waals surface area contributed by atoms with Crippen molar-refractivity contribution in [2.24, 2.45) is 5.92 Å². The van der Waals surface area contributed by atoms with Crippen LogP contribution in [0.15, 0.2) is 21.4 Å². The average molecular weight is 368 g/mol. The summed E-state index contributed by atoms with van der Waals surface area (Å²) >= 11 is 0. The molecular formula is C22H24O5. The molecule has 1 aromatic carbocycles. The van der Waals surface area contributed by atoms with Gasteiger partial charge in [0.25, 0.3) is 0 Å². The Balaban J connectivity index is 2.18. The lowest BCUT2D eigenvalue weighted by Crippen LogP contribution is -2.35. The summed E-state index contributed by atoms with van der Waals surface area (Å²) in [7, 11) is 0. The van der Waals surface area contributed by atoms with Gasteiger partial charge in [0.1, 0.15) is 28.8 Å². The first-order valence-electron chi connectivity index (χ1n) is 9.49. The van der Waals surface area contributed by atoms with Crippen LogP contribution in [0.3, 0.4) is 0 Å². The van der Waals surface area contributed by atoms with Gasteiger partial charge in [-0.1, -0.05) is 20.3 Å². The van der Waals surface area contributed by atoms with E-state index in [1.54, 1.807) is 0 Å². The second kappa shape index (κ2) is 5.98. The summed E-state index contributed by atoms with van der Waals surface area (Å²) in [4.78, 5) is 25.4. The van der Waals surface area contributed by atoms with Crippen LogP contribution in [0, 0.1) is 5.92 Å². The average Bonchev–Trinajstić information content (AvgIpc) is 2.58. The molecule has 4 rings (SSSR count). The molecule has 1 unspecified atom stereocenters. The standard InChI is InChI=1S/C22H24O5/c1-6-7-13-10-15(23)26-21-16(13)20-14(8-9-22(4,5)27-20)19-17(21)18(24)11(2)12(3)25-19/h8-12H,6-7H2,1-5H3/t11?,12-/m1/s1. The molecule has 27 heavy (non-hydrogen) atoms. The van der Waals surface area contributed by atoms with E-state index in [0.717, 1.165) is 17.5 Å². The third-order valence-electron chi connectivity index (χ3n) is 5.42. The molecule has 5 heteroatoms. The normalized spacial score (nSPS) is 22.8. The number of Topliss-reactive ketones (excluding diaryl/α,β-unsaturated/α-hetero) is 1. The number of ketones is 1. The highest BCUT2D eigenvalue weighted by Gasteiger charge is 2.39. The van der Waals surface area contributed by atoms with E-state index < -0.39 is 11.2 Å². The highest BCUT2D eigenvalue weighted by molar-refractivity contribution is 6.14. The predicted octanol–water partition coefficient (Wildman–Crippen LogP) is 4.53. The Morgan fingerprint density at radius 3 is 2.59 bits per heavy atom. The van der Waals surface area contributed by atoms with E-state index in [9.17, 15) is 9.59 Å². The quantitative estimate of drug-likeness (QED) is 0.729. The van der Waals surface area contributed by atoms with Gasteiger partial charge in [0, 0.05) is 6.07 Å². The van der Waals surface area contributed by atoms with E-state index in [0.29, 0.717) is 28.9 Å². The molecule has 0 aliphatic carbocycles. The topological polar surface area (TPSA) is 65.7 Å². The van der Waals surface area contributed by atoms with Crippen LogP contribution in [0.5, 0.6) is 11.5 Å². The minimum absolute atomic E-state index is 0.0633. The van der Waals surface area contributed by atoms with E-state index >= 15 is 0 Å². The van der Waals surface area contributed by atoms with E-state index in [1.807, 2.05) is 46.8 Å². The zero-order valence-electron chi connectivity index (χ0n) is 16.3. The second-order valence-corrected chi connectivity index (χ2v) is 8.01. The molecule has 0 bridgehead atoms. The maximum absolute atomic E-state index is 13.1. The minimum atomic E-state index is -0.509. The predicted molar refractivity (Wildman–Crippen MR) is 104 cm³/mol. The Kier molecular flexibility index (Phi) is 3.95. The summed E-state index contributed by atoms with van der Waals surface area (Å²) in [5.41, 5.74) is 1.26. The third-order valence-corrected chi connectivity index (χ3v) is 5.42. The number of ether oxygens (including phenoxy) is 2. The summed E-state index contributed by atoms with van der Waals surface area (Å²) in [6.45, 7) is 9.70. The van der Waals surface area contributed by atoms with Crippen LogP contribution in [0.1, 0.15) is 62.5 Å². The van der Waals surface area contributed by atoms with Crippen molar-refractivity contribution in [2.75, 3.05) is 0 Å². The van der Waals surface area contributed by atoms with Crippen LogP contribution < -0.4 is 15.1 Å². The summed E-state index contributed by atoms with van der Waals surface area (Å²) in [6, 6.07) is 1.51. The van der Waals surface area contributed by atoms with Crippen molar-refractivity contribution in [3.05, 3.63) is 39.3 Å². The summed E-state index contributed by atoms with van der Waals surface area (Å²) < 4.78 is 18.0. The van der Waals surface area contributed by atoms with Crippen molar-refractivity contribution in [3.8, 4) is 11.5 Å². The molecule has 1 aromatic heterocycles. The van der Waals surface area contributed by atoms with Gasteiger partial charge < -0.3 is 13.9 Å². The Morgan fingerprint density at radius 1 is 1.15 bits per heavy atom. The van der Waals surface area contributed by atoms with E-state index in [-0.39, 0.29) is 23.4 Å². The van der Waals surface area contributed by atoms with Crippen molar-refractivity contribution in [1.29, 1.82) is 0 Å². The van der Waals surface area contributed by atoms with Gasteiger partial charge in [-0.25, -0.2) is 4.79 Å². The molecule has 142 valence electrons. The molecule has 0 fully saturated rings. The van der Waals surface area contributed by atoms with Gasteiger partial charge in [0.2, 0.25) is 0 Å². The first kappa shape index (κ1) is 17.8. The molecule has 2 atom stereocenters. The third kappa shape index (κ3) is 2.68. The van der Waals surface area contributed by atoms with E-state index in [1.165, 1.54) is 6.07 Å². The van der Waals surface area contributed by atoms with Crippen LogP contribution >= 0.6 is 0 Å². The smallest absolute Gasteiger partial charge is 0.336 e. The number of carbonyl (C=O) groups is 1. The molecule has 5 nitrogen and oxygen atoms in total. The second-order valence-electron chi connectivity index (χ2n) is 8.01. The Morgan fingerprint density at radius 2 is 1.89 bits per heavy atom. The molecule has 0 spiro atoms. The number of rotatable bonds is 2. The number of carbonyl (C=O) groups excluding carboxylic acids is 1. The zero-order valence-corrected chi connectivity index (χ0v) is 16.3. The molecule has 2 aliphatic rings. The van der Waals surface area contributed by atoms with Gasteiger partial charge in [-0.2, -0.15) is 0 Å². The van der Waals surface area contributed by atoms with Crippen LogP contribution in [0.4, 0.5) is 0 Å². The zero-order chi connectivity index (χ0) is 19.5. The number of fused-ring (bicyclic) bond motifs is 6. The first-order chi connectivity index (χ1) is 12.7. The number of hydrogen-bond acceptors (Lipinski definition) is 5. The SMILES string of the molecule is CCCc1cc(=O)oc2c3c(c4c(c12)OC(C)(C)C=C4)O[C@H](C)C(C)C3=O. The highest BCUT2D eigenvalue weighted by atomic mass is 16.5. The molecular weight excluding hydrogens is 344 g/mol.